The zero-order valence-corrected chi connectivity index (χ0v) is 10.5. The predicted octanol–water partition coefficient (Wildman–Crippen LogP) is 3.19. The van der Waals surface area contributed by atoms with Crippen molar-refractivity contribution in [1.82, 2.24) is 0 Å². The lowest BCUT2D eigenvalue weighted by Crippen LogP contribution is -2.40. The van der Waals surface area contributed by atoms with Crippen LogP contribution in [-0.2, 0) is 4.74 Å². The van der Waals surface area contributed by atoms with E-state index in [0.717, 1.165) is 25.1 Å². The van der Waals surface area contributed by atoms with E-state index in [4.69, 9.17) is 21.6 Å². The molecule has 1 N–H and O–H groups in total. The van der Waals surface area contributed by atoms with Crippen LogP contribution in [0.25, 0.3) is 0 Å². The van der Waals surface area contributed by atoms with E-state index in [0.29, 0.717) is 22.7 Å². The number of nitrogens with one attached hydrogen (secondary N) is 1. The molecule has 2 rings (SSSR count). The Morgan fingerprint density at radius 1 is 1.53 bits per heavy atom. The SMILES string of the molecule is CCOC1CC(Nc2cccc(Cl)c2C#N)C1. The smallest absolute Gasteiger partial charge is 0.103 e. The molecule has 17 heavy (non-hydrogen) atoms. The fourth-order valence-corrected chi connectivity index (χ4v) is 2.25. The molecule has 3 nitrogen and oxygen atoms in total. The summed E-state index contributed by atoms with van der Waals surface area (Å²) in [5.41, 5.74) is 1.34. The van der Waals surface area contributed by atoms with Crippen LogP contribution in [0.5, 0.6) is 0 Å². The van der Waals surface area contributed by atoms with Crippen molar-refractivity contribution >= 4 is 17.3 Å². The highest BCUT2D eigenvalue weighted by atomic mass is 35.5. The van der Waals surface area contributed by atoms with Crippen LogP contribution in [0.1, 0.15) is 25.3 Å². The van der Waals surface area contributed by atoms with Crippen LogP contribution in [0.4, 0.5) is 5.69 Å². The molecule has 0 aliphatic heterocycles. The van der Waals surface area contributed by atoms with Gasteiger partial charge >= 0.3 is 0 Å². The van der Waals surface area contributed by atoms with E-state index < -0.39 is 0 Å². The van der Waals surface area contributed by atoms with Gasteiger partial charge in [0.05, 0.1) is 22.4 Å². The Hall–Kier alpha value is -1.24. The van der Waals surface area contributed by atoms with Gasteiger partial charge in [-0.3, -0.25) is 0 Å². The van der Waals surface area contributed by atoms with Crippen LogP contribution < -0.4 is 5.32 Å². The molecule has 1 aliphatic carbocycles. The number of hydrogen-bond acceptors (Lipinski definition) is 3. The van der Waals surface area contributed by atoms with Crippen molar-refractivity contribution in [3.8, 4) is 6.07 Å². The maximum Gasteiger partial charge on any atom is 0.103 e. The van der Waals surface area contributed by atoms with Gasteiger partial charge in [0.2, 0.25) is 0 Å². The summed E-state index contributed by atoms with van der Waals surface area (Å²) in [5, 5.41) is 12.9. The number of hydrogen-bond donors (Lipinski definition) is 1. The molecule has 1 saturated carbocycles. The molecular formula is C13H15ClN2O. The number of benzene rings is 1. The maximum atomic E-state index is 9.04. The van der Waals surface area contributed by atoms with Gasteiger partial charge in [-0.25, -0.2) is 0 Å². The monoisotopic (exact) mass is 250 g/mol. The predicted molar refractivity (Wildman–Crippen MR) is 68.2 cm³/mol. The average molecular weight is 251 g/mol. The van der Waals surface area contributed by atoms with Crippen LogP contribution in [0.3, 0.4) is 0 Å². The van der Waals surface area contributed by atoms with Crippen molar-refractivity contribution in [2.75, 3.05) is 11.9 Å². The van der Waals surface area contributed by atoms with E-state index in [2.05, 4.69) is 11.4 Å². The van der Waals surface area contributed by atoms with Gasteiger partial charge in [-0.15, -0.1) is 0 Å². The van der Waals surface area contributed by atoms with Crippen LogP contribution in [0, 0.1) is 11.3 Å². The standard InChI is InChI=1S/C13H15ClN2O/c1-2-17-10-6-9(7-10)16-13-5-3-4-12(14)11(13)8-15/h3-5,9-10,16H,2,6-7H2,1H3. The van der Waals surface area contributed by atoms with Crippen molar-refractivity contribution < 1.29 is 4.74 Å². The molecule has 1 aliphatic rings. The third-order valence-electron chi connectivity index (χ3n) is 2.98. The average Bonchev–Trinajstić information content (AvgIpc) is 2.26. The lowest BCUT2D eigenvalue weighted by molar-refractivity contribution is 0.00299. The summed E-state index contributed by atoms with van der Waals surface area (Å²) < 4.78 is 5.49. The van der Waals surface area contributed by atoms with Gasteiger partial charge in [-0.1, -0.05) is 17.7 Å². The number of anilines is 1. The van der Waals surface area contributed by atoms with Crippen molar-refractivity contribution in [1.29, 1.82) is 5.26 Å². The van der Waals surface area contributed by atoms with Crippen LogP contribution >= 0.6 is 11.6 Å². The van der Waals surface area contributed by atoms with Gasteiger partial charge < -0.3 is 10.1 Å². The molecule has 0 spiro atoms. The summed E-state index contributed by atoms with van der Waals surface area (Å²) in [6, 6.07) is 7.98. The van der Waals surface area contributed by atoms with E-state index in [1.165, 1.54) is 0 Å². The Morgan fingerprint density at radius 3 is 2.94 bits per heavy atom. The fraction of sp³-hybridized carbons (Fsp3) is 0.462. The molecule has 1 fully saturated rings. The first kappa shape index (κ1) is 12.2. The van der Waals surface area contributed by atoms with Gasteiger partial charge in [-0.05, 0) is 31.9 Å². The van der Waals surface area contributed by atoms with Crippen molar-refractivity contribution in [3.05, 3.63) is 28.8 Å². The largest absolute Gasteiger partial charge is 0.381 e. The summed E-state index contributed by atoms with van der Waals surface area (Å²) in [7, 11) is 0. The van der Waals surface area contributed by atoms with E-state index in [-0.39, 0.29) is 0 Å². The third kappa shape index (κ3) is 2.71. The Morgan fingerprint density at radius 2 is 2.29 bits per heavy atom. The third-order valence-corrected chi connectivity index (χ3v) is 3.30. The van der Waals surface area contributed by atoms with Crippen LogP contribution in [-0.4, -0.2) is 18.8 Å². The minimum Gasteiger partial charge on any atom is -0.381 e. The van der Waals surface area contributed by atoms with E-state index in [1.807, 2.05) is 19.1 Å². The highest BCUT2D eigenvalue weighted by molar-refractivity contribution is 6.32. The molecule has 0 amide bonds. The lowest BCUT2D eigenvalue weighted by atomic mass is 9.89. The minimum absolute atomic E-state index is 0.363. The summed E-state index contributed by atoms with van der Waals surface area (Å²) in [5.74, 6) is 0. The topological polar surface area (TPSA) is 45.0 Å². The van der Waals surface area contributed by atoms with Crippen molar-refractivity contribution in [2.45, 2.75) is 31.9 Å². The van der Waals surface area contributed by atoms with Crippen molar-refractivity contribution in [2.24, 2.45) is 0 Å². The first-order valence-electron chi connectivity index (χ1n) is 5.81. The highest BCUT2D eigenvalue weighted by Gasteiger charge is 2.29. The number of nitriles is 1. The highest BCUT2D eigenvalue weighted by Crippen LogP contribution is 2.30. The molecule has 1 aromatic rings. The normalized spacial score (nSPS) is 22.6. The summed E-state index contributed by atoms with van der Waals surface area (Å²) >= 11 is 5.97. The van der Waals surface area contributed by atoms with Gasteiger partial charge in [0.15, 0.2) is 0 Å². The van der Waals surface area contributed by atoms with Gasteiger partial charge in [0.25, 0.3) is 0 Å². The Balaban J connectivity index is 1.97. The second kappa shape index (κ2) is 5.39. The lowest BCUT2D eigenvalue weighted by Gasteiger charge is -2.36. The first-order chi connectivity index (χ1) is 8.24. The maximum absolute atomic E-state index is 9.04. The van der Waals surface area contributed by atoms with E-state index in [9.17, 15) is 0 Å². The van der Waals surface area contributed by atoms with Crippen molar-refractivity contribution in [3.63, 3.8) is 0 Å². The van der Waals surface area contributed by atoms with Crippen LogP contribution in [0.15, 0.2) is 18.2 Å². The second-order valence-corrected chi connectivity index (χ2v) is 4.57. The molecule has 0 radical (unpaired) electrons. The molecule has 90 valence electrons. The molecule has 0 bridgehead atoms. The summed E-state index contributed by atoms with van der Waals surface area (Å²) in [4.78, 5) is 0. The summed E-state index contributed by atoms with van der Waals surface area (Å²) in [6.45, 7) is 2.77. The number of ether oxygens (including phenoxy) is 1. The van der Waals surface area contributed by atoms with E-state index in [1.54, 1.807) is 6.07 Å². The molecule has 4 heteroatoms. The molecule has 0 unspecified atom stereocenters. The van der Waals surface area contributed by atoms with Gasteiger partial charge in [-0.2, -0.15) is 5.26 Å². The molecule has 0 saturated heterocycles. The number of rotatable bonds is 4. The van der Waals surface area contributed by atoms with E-state index >= 15 is 0 Å². The fourth-order valence-electron chi connectivity index (χ4n) is 2.03. The molecule has 0 heterocycles. The Bertz CT molecular complexity index is 436. The molecule has 1 aromatic carbocycles. The molecule has 0 atom stereocenters. The zero-order chi connectivity index (χ0) is 12.3. The minimum atomic E-state index is 0.363. The second-order valence-electron chi connectivity index (χ2n) is 4.16. The Kier molecular flexibility index (Phi) is 3.88. The van der Waals surface area contributed by atoms with Gasteiger partial charge in [0.1, 0.15) is 6.07 Å². The number of halogens is 1. The van der Waals surface area contributed by atoms with Gasteiger partial charge in [0, 0.05) is 12.6 Å². The quantitative estimate of drug-likeness (QED) is 0.893. The molecule has 0 aromatic heterocycles. The van der Waals surface area contributed by atoms with Crippen LogP contribution in [0.2, 0.25) is 5.02 Å². The zero-order valence-electron chi connectivity index (χ0n) is 9.74. The first-order valence-corrected chi connectivity index (χ1v) is 6.19. The number of nitrogens with zero attached hydrogens (tertiary/aromatic N) is 1. The Labute approximate surface area is 106 Å². The molecular weight excluding hydrogens is 236 g/mol. The summed E-state index contributed by atoms with van der Waals surface area (Å²) in [6.07, 6.45) is 2.35.